The molecule has 0 unspecified atom stereocenters. The number of aryl methyl sites for hydroxylation is 1. The summed E-state index contributed by atoms with van der Waals surface area (Å²) in [6, 6.07) is 4.49. The Morgan fingerprint density at radius 1 is 1.18 bits per heavy atom. The second-order valence-electron chi connectivity index (χ2n) is 6.55. The zero-order chi connectivity index (χ0) is 20.3. The van der Waals surface area contributed by atoms with Crippen LogP contribution in [0.2, 0.25) is 0 Å². The largest absolute Gasteiger partial charge is 0.493 e. The molecule has 0 aliphatic carbocycles. The van der Waals surface area contributed by atoms with Crippen molar-refractivity contribution in [2.24, 2.45) is 0 Å². The maximum atomic E-state index is 13.3. The van der Waals surface area contributed by atoms with Crippen LogP contribution in [0.4, 0.5) is 0 Å². The van der Waals surface area contributed by atoms with E-state index in [0.29, 0.717) is 47.3 Å². The predicted molar refractivity (Wildman–Crippen MR) is 103 cm³/mol. The standard InChI is InChI=1S/C20H25N3O5/c1-5-13-11-17(24)22-19(21-13)14-7-6-8-23(14)20(25)12-9-15(26-2)18(28-4)16(10-12)27-3/h9-11,14H,5-8H2,1-4H3,(H,21,22,24)/t14-/m1/s1. The summed E-state index contributed by atoms with van der Waals surface area (Å²) in [6.07, 6.45) is 2.23. The van der Waals surface area contributed by atoms with Gasteiger partial charge in [0.15, 0.2) is 11.5 Å². The molecule has 1 saturated heterocycles. The molecule has 0 bridgehead atoms. The number of benzene rings is 1. The van der Waals surface area contributed by atoms with Crippen molar-refractivity contribution in [2.45, 2.75) is 32.2 Å². The molecule has 8 nitrogen and oxygen atoms in total. The molecule has 1 N–H and O–H groups in total. The quantitative estimate of drug-likeness (QED) is 0.818. The maximum absolute atomic E-state index is 13.3. The van der Waals surface area contributed by atoms with E-state index in [2.05, 4.69) is 9.97 Å². The average Bonchev–Trinajstić information content (AvgIpc) is 3.21. The van der Waals surface area contributed by atoms with E-state index in [1.807, 2.05) is 6.92 Å². The Morgan fingerprint density at radius 3 is 2.43 bits per heavy atom. The Balaban J connectivity index is 1.98. The van der Waals surface area contributed by atoms with Crippen LogP contribution in [0.15, 0.2) is 23.0 Å². The average molecular weight is 387 g/mol. The third kappa shape index (κ3) is 3.67. The molecule has 3 rings (SSSR count). The Bertz CT molecular complexity index is 899. The Labute approximate surface area is 163 Å². The van der Waals surface area contributed by atoms with Gasteiger partial charge < -0.3 is 24.1 Å². The van der Waals surface area contributed by atoms with Crippen molar-refractivity contribution < 1.29 is 19.0 Å². The molecule has 1 aromatic carbocycles. The van der Waals surface area contributed by atoms with Gasteiger partial charge in [0.2, 0.25) is 5.75 Å². The summed E-state index contributed by atoms with van der Waals surface area (Å²) in [6.45, 7) is 2.53. The maximum Gasteiger partial charge on any atom is 0.254 e. The third-order valence-corrected chi connectivity index (χ3v) is 4.92. The topological polar surface area (TPSA) is 93.8 Å². The highest BCUT2D eigenvalue weighted by Crippen LogP contribution is 2.39. The van der Waals surface area contributed by atoms with Gasteiger partial charge in [-0.05, 0) is 31.4 Å². The van der Waals surface area contributed by atoms with E-state index in [9.17, 15) is 9.59 Å². The molecule has 1 aliphatic rings. The second kappa shape index (κ2) is 8.33. The van der Waals surface area contributed by atoms with Crippen LogP contribution in [0, 0.1) is 0 Å². The van der Waals surface area contributed by atoms with E-state index in [0.717, 1.165) is 12.8 Å². The van der Waals surface area contributed by atoms with Gasteiger partial charge in [0.1, 0.15) is 5.82 Å². The summed E-state index contributed by atoms with van der Waals surface area (Å²) < 4.78 is 16.0. The van der Waals surface area contributed by atoms with Crippen LogP contribution >= 0.6 is 0 Å². The highest BCUT2D eigenvalue weighted by Gasteiger charge is 2.33. The minimum atomic E-state index is -0.272. The number of aromatic nitrogens is 2. The molecule has 0 saturated carbocycles. The summed E-state index contributed by atoms with van der Waals surface area (Å²) in [5.41, 5.74) is 0.940. The smallest absolute Gasteiger partial charge is 0.254 e. The van der Waals surface area contributed by atoms with Gasteiger partial charge in [-0.3, -0.25) is 9.59 Å². The number of carbonyl (C=O) groups is 1. The minimum absolute atomic E-state index is 0.175. The number of hydrogen-bond acceptors (Lipinski definition) is 6. The summed E-state index contributed by atoms with van der Waals surface area (Å²) >= 11 is 0. The van der Waals surface area contributed by atoms with Crippen molar-refractivity contribution in [3.63, 3.8) is 0 Å². The predicted octanol–water partition coefficient (Wildman–Crippen LogP) is 2.34. The van der Waals surface area contributed by atoms with Crippen LogP contribution in [0.25, 0.3) is 0 Å². The molecule has 2 heterocycles. The van der Waals surface area contributed by atoms with Crippen molar-refractivity contribution in [1.82, 2.24) is 14.9 Å². The lowest BCUT2D eigenvalue weighted by molar-refractivity contribution is 0.0728. The van der Waals surface area contributed by atoms with E-state index in [1.165, 1.54) is 27.4 Å². The normalized spacial score (nSPS) is 16.1. The van der Waals surface area contributed by atoms with Crippen LogP contribution in [-0.2, 0) is 6.42 Å². The molecule has 0 radical (unpaired) electrons. The molecule has 1 fully saturated rings. The number of methoxy groups -OCH3 is 3. The number of likely N-dealkylation sites (tertiary alicyclic amines) is 1. The molecular weight excluding hydrogens is 362 g/mol. The second-order valence-corrected chi connectivity index (χ2v) is 6.55. The van der Waals surface area contributed by atoms with Gasteiger partial charge in [-0.15, -0.1) is 0 Å². The van der Waals surface area contributed by atoms with Crippen molar-refractivity contribution in [2.75, 3.05) is 27.9 Å². The molecule has 150 valence electrons. The van der Waals surface area contributed by atoms with Crippen molar-refractivity contribution in [3.8, 4) is 17.2 Å². The van der Waals surface area contributed by atoms with Crippen LogP contribution in [0.3, 0.4) is 0 Å². The molecule has 8 heteroatoms. The van der Waals surface area contributed by atoms with E-state index >= 15 is 0 Å². The zero-order valence-corrected chi connectivity index (χ0v) is 16.6. The molecular formula is C20H25N3O5. The van der Waals surface area contributed by atoms with Crippen LogP contribution in [0.1, 0.15) is 47.7 Å². The van der Waals surface area contributed by atoms with Gasteiger partial charge in [-0.2, -0.15) is 0 Å². The first-order valence-corrected chi connectivity index (χ1v) is 9.23. The summed E-state index contributed by atoms with van der Waals surface area (Å²) in [7, 11) is 4.53. The minimum Gasteiger partial charge on any atom is -0.493 e. The Kier molecular flexibility index (Phi) is 5.87. The van der Waals surface area contributed by atoms with Gasteiger partial charge in [0.25, 0.3) is 11.5 Å². The lowest BCUT2D eigenvalue weighted by atomic mass is 10.1. The van der Waals surface area contributed by atoms with Gasteiger partial charge in [0.05, 0.1) is 27.4 Å². The van der Waals surface area contributed by atoms with Gasteiger partial charge in [0, 0.05) is 23.9 Å². The highest BCUT2D eigenvalue weighted by atomic mass is 16.5. The first-order valence-electron chi connectivity index (χ1n) is 9.23. The van der Waals surface area contributed by atoms with Crippen molar-refractivity contribution in [3.05, 3.63) is 45.6 Å². The number of carbonyl (C=O) groups excluding carboxylic acids is 1. The summed E-state index contributed by atoms with van der Waals surface area (Å²) in [5, 5.41) is 0. The first kappa shape index (κ1) is 19.7. The van der Waals surface area contributed by atoms with Crippen LogP contribution in [0.5, 0.6) is 17.2 Å². The number of nitrogens with one attached hydrogen (secondary N) is 1. The summed E-state index contributed by atoms with van der Waals surface area (Å²) in [5.74, 6) is 1.62. The molecule has 2 aromatic rings. The number of ether oxygens (including phenoxy) is 3. The van der Waals surface area contributed by atoms with E-state index in [1.54, 1.807) is 17.0 Å². The number of nitrogens with zero attached hydrogens (tertiary/aromatic N) is 2. The fourth-order valence-electron chi connectivity index (χ4n) is 3.53. The van der Waals surface area contributed by atoms with E-state index in [4.69, 9.17) is 14.2 Å². The summed E-state index contributed by atoms with van der Waals surface area (Å²) in [4.78, 5) is 34.3. The first-order chi connectivity index (χ1) is 13.5. The van der Waals surface area contributed by atoms with Gasteiger partial charge in [-0.1, -0.05) is 6.92 Å². The molecule has 1 amide bonds. The number of amides is 1. The van der Waals surface area contributed by atoms with E-state index < -0.39 is 0 Å². The fourth-order valence-corrected chi connectivity index (χ4v) is 3.53. The monoisotopic (exact) mass is 387 g/mol. The van der Waals surface area contributed by atoms with E-state index in [-0.39, 0.29) is 17.5 Å². The molecule has 28 heavy (non-hydrogen) atoms. The van der Waals surface area contributed by atoms with Gasteiger partial charge in [-0.25, -0.2) is 4.98 Å². The van der Waals surface area contributed by atoms with Gasteiger partial charge >= 0.3 is 0 Å². The van der Waals surface area contributed by atoms with Crippen molar-refractivity contribution in [1.29, 1.82) is 0 Å². The number of H-pyrrole nitrogens is 1. The Hall–Kier alpha value is -3.03. The molecule has 0 spiro atoms. The van der Waals surface area contributed by atoms with Crippen LogP contribution in [-0.4, -0.2) is 48.6 Å². The lowest BCUT2D eigenvalue weighted by Gasteiger charge is -2.25. The Morgan fingerprint density at radius 2 is 1.86 bits per heavy atom. The number of rotatable bonds is 6. The molecule has 1 atom stereocenters. The molecule has 1 aliphatic heterocycles. The highest BCUT2D eigenvalue weighted by molar-refractivity contribution is 5.96. The molecule has 1 aromatic heterocycles. The lowest BCUT2D eigenvalue weighted by Crippen LogP contribution is -2.32. The number of hydrogen-bond donors (Lipinski definition) is 1. The third-order valence-electron chi connectivity index (χ3n) is 4.92. The zero-order valence-electron chi connectivity index (χ0n) is 16.6. The van der Waals surface area contributed by atoms with Crippen LogP contribution < -0.4 is 19.8 Å². The fraction of sp³-hybridized carbons (Fsp3) is 0.450. The SMILES string of the molecule is CCc1cc(=O)[nH]c([C@H]2CCCN2C(=O)c2cc(OC)c(OC)c(OC)c2)n1. The number of aromatic amines is 1. The van der Waals surface area contributed by atoms with Crippen molar-refractivity contribution >= 4 is 5.91 Å².